The summed E-state index contributed by atoms with van der Waals surface area (Å²) in [4.78, 5) is 11.6. The molecule has 0 aromatic rings. The Bertz CT molecular complexity index is 256. The van der Waals surface area contributed by atoms with E-state index in [0.717, 1.165) is 6.42 Å². The average molecular weight is 194 g/mol. The summed E-state index contributed by atoms with van der Waals surface area (Å²) < 4.78 is 0. The zero-order valence-electron chi connectivity index (χ0n) is 8.73. The minimum atomic E-state index is -0.432. The molecule has 1 amide bonds. The molecule has 0 heterocycles. The van der Waals surface area contributed by atoms with Crippen LogP contribution in [0.25, 0.3) is 0 Å². The highest BCUT2D eigenvalue weighted by molar-refractivity contribution is 5.82. The van der Waals surface area contributed by atoms with Crippen molar-refractivity contribution in [1.82, 2.24) is 5.32 Å². The molecule has 3 N–H and O–H groups in total. The van der Waals surface area contributed by atoms with Crippen molar-refractivity contribution in [3.05, 3.63) is 24.3 Å². The predicted octanol–water partition coefficient (Wildman–Crippen LogP) is 0.971. The van der Waals surface area contributed by atoms with Gasteiger partial charge in [0.2, 0.25) is 5.91 Å². The summed E-state index contributed by atoms with van der Waals surface area (Å²) in [6.45, 7) is 3.86. The Balaban J connectivity index is 2.47. The molecule has 3 heteroatoms. The molecule has 0 aromatic carbocycles. The van der Waals surface area contributed by atoms with Crippen molar-refractivity contribution in [2.24, 2.45) is 11.7 Å². The lowest BCUT2D eigenvalue weighted by molar-refractivity contribution is -0.123. The monoisotopic (exact) mass is 194 g/mol. The molecule has 0 radical (unpaired) electrons. The second-order valence-corrected chi connectivity index (χ2v) is 3.90. The molecular weight excluding hydrogens is 176 g/mol. The summed E-state index contributed by atoms with van der Waals surface area (Å²) in [5.41, 5.74) is 5.84. The molecule has 1 aliphatic carbocycles. The molecule has 2 atom stereocenters. The zero-order valence-corrected chi connectivity index (χ0v) is 8.73. The molecule has 1 aliphatic rings. The lowest BCUT2D eigenvalue weighted by Crippen LogP contribution is -2.47. The molecule has 2 unspecified atom stereocenters. The first kappa shape index (κ1) is 11.0. The second kappa shape index (κ2) is 4.96. The van der Waals surface area contributed by atoms with E-state index in [1.165, 1.54) is 0 Å². The lowest BCUT2D eigenvalue weighted by atomic mass is 9.92. The maximum absolute atomic E-state index is 11.6. The smallest absolute Gasteiger partial charge is 0.237 e. The van der Waals surface area contributed by atoms with Gasteiger partial charge in [0.1, 0.15) is 0 Å². The Morgan fingerprint density at radius 1 is 1.50 bits per heavy atom. The Kier molecular flexibility index (Phi) is 3.89. The highest BCUT2D eigenvalue weighted by Gasteiger charge is 2.22. The first-order valence-corrected chi connectivity index (χ1v) is 5.00. The highest BCUT2D eigenvalue weighted by Crippen LogP contribution is 2.14. The van der Waals surface area contributed by atoms with Gasteiger partial charge in [-0.05, 0) is 20.3 Å². The van der Waals surface area contributed by atoms with E-state index >= 15 is 0 Å². The molecule has 3 nitrogen and oxygen atoms in total. The molecular formula is C11H18N2O. The van der Waals surface area contributed by atoms with Gasteiger partial charge in [-0.15, -0.1) is 0 Å². The summed E-state index contributed by atoms with van der Waals surface area (Å²) in [5, 5.41) is 2.82. The number of nitrogens with two attached hydrogens (primary N) is 1. The Morgan fingerprint density at radius 2 is 2.21 bits per heavy atom. The number of nitrogens with one attached hydrogen (secondary N) is 1. The van der Waals surface area contributed by atoms with Gasteiger partial charge in [-0.25, -0.2) is 0 Å². The number of hydrogen-bond donors (Lipinski definition) is 2. The topological polar surface area (TPSA) is 55.1 Å². The molecule has 1 rings (SSSR count). The standard InChI is InChI=1S/C11H18N2O/c1-8(2)13-11(14)10(12)9-6-4-3-5-7-9/h3-6,8-10H,7,12H2,1-2H3,(H,13,14). The molecule has 0 saturated carbocycles. The fourth-order valence-corrected chi connectivity index (χ4v) is 1.44. The highest BCUT2D eigenvalue weighted by atomic mass is 16.2. The molecule has 14 heavy (non-hydrogen) atoms. The van der Waals surface area contributed by atoms with Crippen molar-refractivity contribution in [2.75, 3.05) is 0 Å². The molecule has 0 fully saturated rings. The largest absolute Gasteiger partial charge is 0.353 e. The summed E-state index contributed by atoms with van der Waals surface area (Å²) >= 11 is 0. The second-order valence-electron chi connectivity index (χ2n) is 3.90. The van der Waals surface area contributed by atoms with Crippen LogP contribution >= 0.6 is 0 Å². The predicted molar refractivity (Wildman–Crippen MR) is 57.6 cm³/mol. The number of carbonyl (C=O) groups excluding carboxylic acids is 1. The van der Waals surface area contributed by atoms with Crippen LogP contribution in [0, 0.1) is 5.92 Å². The fraction of sp³-hybridized carbons (Fsp3) is 0.545. The Labute approximate surface area is 85.1 Å². The van der Waals surface area contributed by atoms with Gasteiger partial charge in [0.25, 0.3) is 0 Å². The van der Waals surface area contributed by atoms with E-state index in [1.807, 2.05) is 38.2 Å². The van der Waals surface area contributed by atoms with Gasteiger partial charge in [-0.1, -0.05) is 24.3 Å². The lowest BCUT2D eigenvalue weighted by Gasteiger charge is -2.21. The van der Waals surface area contributed by atoms with Crippen LogP contribution in [0.3, 0.4) is 0 Å². The van der Waals surface area contributed by atoms with Crippen molar-refractivity contribution in [2.45, 2.75) is 32.4 Å². The molecule has 0 bridgehead atoms. The number of hydrogen-bond acceptors (Lipinski definition) is 2. The van der Waals surface area contributed by atoms with Crippen LogP contribution in [0.5, 0.6) is 0 Å². The van der Waals surface area contributed by atoms with E-state index in [2.05, 4.69) is 5.32 Å². The van der Waals surface area contributed by atoms with Crippen LogP contribution in [0.2, 0.25) is 0 Å². The van der Waals surface area contributed by atoms with Crippen molar-refractivity contribution in [3.63, 3.8) is 0 Å². The normalized spacial score (nSPS) is 22.4. The summed E-state index contributed by atoms with van der Waals surface area (Å²) in [7, 11) is 0. The number of carbonyl (C=O) groups is 1. The maximum Gasteiger partial charge on any atom is 0.237 e. The number of allylic oxidation sites excluding steroid dienone is 3. The number of amides is 1. The molecule has 0 saturated heterocycles. The molecule has 0 aliphatic heterocycles. The van der Waals surface area contributed by atoms with Gasteiger partial charge < -0.3 is 11.1 Å². The molecule has 0 spiro atoms. The summed E-state index contributed by atoms with van der Waals surface area (Å²) in [5.74, 6) is 0.0729. The third kappa shape index (κ3) is 3.00. The quantitative estimate of drug-likeness (QED) is 0.703. The first-order chi connectivity index (χ1) is 6.61. The van der Waals surface area contributed by atoms with Crippen molar-refractivity contribution >= 4 is 5.91 Å². The summed E-state index contributed by atoms with van der Waals surface area (Å²) in [6, 6.07) is -0.282. The minimum absolute atomic E-state index is 0.0649. The van der Waals surface area contributed by atoms with Crippen LogP contribution in [-0.4, -0.2) is 18.0 Å². The van der Waals surface area contributed by atoms with Crippen LogP contribution in [0.4, 0.5) is 0 Å². The van der Waals surface area contributed by atoms with Crippen molar-refractivity contribution < 1.29 is 4.79 Å². The van der Waals surface area contributed by atoms with Crippen molar-refractivity contribution in [1.29, 1.82) is 0 Å². The fourth-order valence-electron chi connectivity index (χ4n) is 1.44. The minimum Gasteiger partial charge on any atom is -0.353 e. The van der Waals surface area contributed by atoms with Gasteiger partial charge in [0.15, 0.2) is 0 Å². The molecule has 78 valence electrons. The average Bonchev–Trinajstić information content (AvgIpc) is 2.17. The van der Waals surface area contributed by atoms with E-state index in [0.29, 0.717) is 0 Å². The zero-order chi connectivity index (χ0) is 10.6. The van der Waals surface area contributed by atoms with E-state index < -0.39 is 6.04 Å². The van der Waals surface area contributed by atoms with Crippen LogP contribution < -0.4 is 11.1 Å². The first-order valence-electron chi connectivity index (χ1n) is 5.00. The SMILES string of the molecule is CC(C)NC(=O)C(N)C1C=CC=CC1. The van der Waals surface area contributed by atoms with E-state index in [1.54, 1.807) is 0 Å². The van der Waals surface area contributed by atoms with Crippen LogP contribution in [0.15, 0.2) is 24.3 Å². The van der Waals surface area contributed by atoms with Crippen LogP contribution in [0.1, 0.15) is 20.3 Å². The van der Waals surface area contributed by atoms with E-state index in [-0.39, 0.29) is 17.9 Å². The van der Waals surface area contributed by atoms with Gasteiger partial charge in [0, 0.05) is 12.0 Å². The summed E-state index contributed by atoms with van der Waals surface area (Å²) in [6.07, 6.45) is 8.79. The van der Waals surface area contributed by atoms with Gasteiger partial charge in [-0.2, -0.15) is 0 Å². The third-order valence-corrected chi connectivity index (χ3v) is 2.21. The van der Waals surface area contributed by atoms with E-state index in [4.69, 9.17) is 5.73 Å². The number of rotatable bonds is 3. The third-order valence-electron chi connectivity index (χ3n) is 2.21. The van der Waals surface area contributed by atoms with Crippen LogP contribution in [-0.2, 0) is 4.79 Å². The van der Waals surface area contributed by atoms with Crippen molar-refractivity contribution in [3.8, 4) is 0 Å². The van der Waals surface area contributed by atoms with Gasteiger partial charge in [-0.3, -0.25) is 4.79 Å². The van der Waals surface area contributed by atoms with Gasteiger partial charge >= 0.3 is 0 Å². The Hall–Kier alpha value is -1.09. The Morgan fingerprint density at radius 3 is 2.71 bits per heavy atom. The molecule has 0 aromatic heterocycles. The van der Waals surface area contributed by atoms with Gasteiger partial charge in [0.05, 0.1) is 6.04 Å². The van der Waals surface area contributed by atoms with E-state index in [9.17, 15) is 4.79 Å². The maximum atomic E-state index is 11.6.